The SMILES string of the molecule is NCc1ccc(-c2nnc3c(n2)CC(C(F)(F)F)CC3)cc1. The van der Waals surface area contributed by atoms with E-state index in [-0.39, 0.29) is 19.3 Å². The van der Waals surface area contributed by atoms with Gasteiger partial charge in [0.05, 0.1) is 17.3 Å². The molecule has 0 aliphatic heterocycles. The first-order valence-corrected chi connectivity index (χ1v) is 7.06. The second-order valence-electron chi connectivity index (χ2n) is 5.41. The molecule has 116 valence electrons. The van der Waals surface area contributed by atoms with Crippen LogP contribution in [0.3, 0.4) is 0 Å². The molecule has 0 saturated carbocycles. The predicted molar refractivity (Wildman–Crippen MR) is 74.7 cm³/mol. The summed E-state index contributed by atoms with van der Waals surface area (Å²) >= 11 is 0. The van der Waals surface area contributed by atoms with Crippen LogP contribution in [-0.2, 0) is 19.4 Å². The van der Waals surface area contributed by atoms with Gasteiger partial charge in [-0.1, -0.05) is 24.3 Å². The number of rotatable bonds is 2. The maximum Gasteiger partial charge on any atom is 0.392 e. The predicted octanol–water partition coefficient (Wildman–Crippen LogP) is 2.66. The minimum atomic E-state index is -4.19. The summed E-state index contributed by atoms with van der Waals surface area (Å²) in [5.74, 6) is -0.991. The first kappa shape index (κ1) is 14.9. The number of nitrogens with zero attached hydrogens (tertiary/aromatic N) is 3. The van der Waals surface area contributed by atoms with Crippen LogP contribution < -0.4 is 5.73 Å². The Morgan fingerprint density at radius 3 is 2.45 bits per heavy atom. The molecule has 4 nitrogen and oxygen atoms in total. The number of hydrogen-bond acceptors (Lipinski definition) is 4. The zero-order valence-electron chi connectivity index (χ0n) is 11.8. The lowest BCUT2D eigenvalue weighted by atomic mass is 9.89. The molecule has 0 bridgehead atoms. The van der Waals surface area contributed by atoms with Crippen LogP contribution in [0.25, 0.3) is 11.4 Å². The summed E-state index contributed by atoms with van der Waals surface area (Å²) in [6, 6.07) is 7.29. The van der Waals surface area contributed by atoms with Gasteiger partial charge in [0, 0.05) is 18.5 Å². The van der Waals surface area contributed by atoms with E-state index in [1.165, 1.54) is 0 Å². The fraction of sp³-hybridized carbons (Fsp3) is 0.400. The summed E-state index contributed by atoms with van der Waals surface area (Å²) in [7, 11) is 0. The fourth-order valence-electron chi connectivity index (χ4n) is 2.58. The van der Waals surface area contributed by atoms with Crippen molar-refractivity contribution >= 4 is 0 Å². The van der Waals surface area contributed by atoms with Crippen LogP contribution in [-0.4, -0.2) is 21.4 Å². The Kier molecular flexibility index (Phi) is 3.82. The van der Waals surface area contributed by atoms with Gasteiger partial charge in [-0.3, -0.25) is 0 Å². The number of nitrogens with two attached hydrogens (primary N) is 1. The van der Waals surface area contributed by atoms with E-state index in [0.29, 0.717) is 23.8 Å². The zero-order chi connectivity index (χ0) is 15.7. The number of aryl methyl sites for hydroxylation is 1. The van der Waals surface area contributed by atoms with Crippen molar-refractivity contribution in [3.63, 3.8) is 0 Å². The van der Waals surface area contributed by atoms with Gasteiger partial charge < -0.3 is 5.73 Å². The molecule has 0 radical (unpaired) electrons. The first-order valence-electron chi connectivity index (χ1n) is 7.06. The van der Waals surface area contributed by atoms with Crippen LogP contribution >= 0.6 is 0 Å². The maximum atomic E-state index is 12.9. The van der Waals surface area contributed by atoms with Gasteiger partial charge in [0.2, 0.25) is 0 Å². The molecule has 2 N–H and O–H groups in total. The highest BCUT2D eigenvalue weighted by molar-refractivity contribution is 5.55. The van der Waals surface area contributed by atoms with Gasteiger partial charge in [-0.25, -0.2) is 4.98 Å². The van der Waals surface area contributed by atoms with E-state index >= 15 is 0 Å². The number of hydrogen-bond donors (Lipinski definition) is 1. The average molecular weight is 308 g/mol. The van der Waals surface area contributed by atoms with Crippen LogP contribution in [0.1, 0.15) is 23.4 Å². The highest BCUT2D eigenvalue weighted by Crippen LogP contribution is 2.36. The molecular formula is C15H15F3N4. The van der Waals surface area contributed by atoms with Crippen molar-refractivity contribution in [1.82, 2.24) is 15.2 Å². The van der Waals surface area contributed by atoms with Crippen LogP contribution in [0.4, 0.5) is 13.2 Å². The smallest absolute Gasteiger partial charge is 0.326 e. The first-order chi connectivity index (χ1) is 10.5. The van der Waals surface area contributed by atoms with E-state index < -0.39 is 12.1 Å². The Labute approximate surface area is 125 Å². The number of halogens is 3. The average Bonchev–Trinajstić information content (AvgIpc) is 2.53. The van der Waals surface area contributed by atoms with E-state index in [9.17, 15) is 13.2 Å². The lowest BCUT2D eigenvalue weighted by molar-refractivity contribution is -0.177. The summed E-state index contributed by atoms with van der Waals surface area (Å²) < 4.78 is 38.6. The number of fused-ring (bicyclic) bond motifs is 1. The normalized spacial score (nSPS) is 18.1. The Bertz CT molecular complexity index is 667. The van der Waals surface area contributed by atoms with Gasteiger partial charge in [0.25, 0.3) is 0 Å². The second kappa shape index (κ2) is 5.64. The Morgan fingerprint density at radius 2 is 1.82 bits per heavy atom. The highest BCUT2D eigenvalue weighted by Gasteiger charge is 2.42. The third-order valence-electron chi connectivity index (χ3n) is 3.92. The summed E-state index contributed by atoms with van der Waals surface area (Å²) in [4.78, 5) is 4.30. The molecule has 2 aromatic rings. The minimum absolute atomic E-state index is 0.0530. The summed E-state index contributed by atoms with van der Waals surface area (Å²) in [5.41, 5.74) is 8.20. The monoisotopic (exact) mass is 308 g/mol. The van der Waals surface area contributed by atoms with Gasteiger partial charge in [0.1, 0.15) is 0 Å². The van der Waals surface area contributed by atoms with E-state index in [1.54, 1.807) is 12.1 Å². The van der Waals surface area contributed by atoms with Gasteiger partial charge in [0.15, 0.2) is 5.82 Å². The molecule has 1 aliphatic carbocycles. The molecule has 1 unspecified atom stereocenters. The van der Waals surface area contributed by atoms with Crippen molar-refractivity contribution in [1.29, 1.82) is 0 Å². The molecule has 0 saturated heterocycles. The van der Waals surface area contributed by atoms with Gasteiger partial charge in [-0.15, -0.1) is 5.10 Å². The third kappa shape index (κ3) is 2.94. The Morgan fingerprint density at radius 1 is 1.09 bits per heavy atom. The standard InChI is InChI=1S/C15H15F3N4/c16-15(17,18)11-5-6-12-13(7-11)20-14(22-21-12)10-3-1-9(8-19)2-4-10/h1-4,11H,5-8,19H2. The van der Waals surface area contributed by atoms with Crippen molar-refractivity contribution < 1.29 is 13.2 Å². The van der Waals surface area contributed by atoms with Crippen molar-refractivity contribution in [2.45, 2.75) is 32.0 Å². The maximum absolute atomic E-state index is 12.9. The number of alkyl halides is 3. The molecule has 0 spiro atoms. The molecular weight excluding hydrogens is 293 g/mol. The third-order valence-corrected chi connectivity index (χ3v) is 3.92. The van der Waals surface area contributed by atoms with Gasteiger partial charge >= 0.3 is 6.18 Å². The molecule has 1 aromatic heterocycles. The topological polar surface area (TPSA) is 64.7 Å². The van der Waals surface area contributed by atoms with E-state index in [4.69, 9.17) is 5.73 Å². The molecule has 7 heteroatoms. The van der Waals surface area contributed by atoms with Crippen molar-refractivity contribution in [3.8, 4) is 11.4 Å². The molecule has 1 aromatic carbocycles. The molecule has 1 heterocycles. The van der Waals surface area contributed by atoms with E-state index in [1.807, 2.05) is 12.1 Å². The van der Waals surface area contributed by atoms with Crippen LogP contribution in [0.5, 0.6) is 0 Å². The van der Waals surface area contributed by atoms with E-state index in [0.717, 1.165) is 11.1 Å². The summed E-state index contributed by atoms with van der Waals surface area (Å²) in [6.45, 7) is 0.427. The lowest BCUT2D eigenvalue weighted by Gasteiger charge is -2.24. The second-order valence-corrected chi connectivity index (χ2v) is 5.41. The van der Waals surface area contributed by atoms with Crippen molar-refractivity contribution in [2.75, 3.05) is 0 Å². The largest absolute Gasteiger partial charge is 0.392 e. The molecule has 22 heavy (non-hydrogen) atoms. The highest BCUT2D eigenvalue weighted by atomic mass is 19.4. The van der Waals surface area contributed by atoms with Crippen molar-refractivity contribution in [3.05, 3.63) is 41.2 Å². The fourth-order valence-corrected chi connectivity index (χ4v) is 2.58. The minimum Gasteiger partial charge on any atom is -0.326 e. The zero-order valence-corrected chi connectivity index (χ0v) is 11.8. The summed E-state index contributed by atoms with van der Waals surface area (Å²) in [5, 5.41) is 8.08. The molecule has 0 amide bonds. The van der Waals surface area contributed by atoms with Crippen molar-refractivity contribution in [2.24, 2.45) is 11.7 Å². The Hall–Kier alpha value is -2.02. The number of aromatic nitrogens is 3. The van der Waals surface area contributed by atoms with Gasteiger partial charge in [-0.05, 0) is 18.4 Å². The number of benzene rings is 1. The van der Waals surface area contributed by atoms with Crippen LogP contribution in [0.15, 0.2) is 24.3 Å². The lowest BCUT2D eigenvalue weighted by Crippen LogP contribution is -2.30. The van der Waals surface area contributed by atoms with Gasteiger partial charge in [-0.2, -0.15) is 18.3 Å². The Balaban J connectivity index is 1.90. The molecule has 3 rings (SSSR count). The molecule has 1 atom stereocenters. The van der Waals surface area contributed by atoms with Crippen LogP contribution in [0, 0.1) is 5.92 Å². The van der Waals surface area contributed by atoms with Crippen LogP contribution in [0.2, 0.25) is 0 Å². The quantitative estimate of drug-likeness (QED) is 0.926. The summed E-state index contributed by atoms with van der Waals surface area (Å²) in [6.07, 6.45) is -3.99. The molecule has 0 fully saturated rings. The van der Waals surface area contributed by atoms with E-state index in [2.05, 4.69) is 15.2 Å². The molecule has 1 aliphatic rings.